The molecule has 0 saturated heterocycles. The molecular weight excluding hydrogens is 320 g/mol. The van der Waals surface area contributed by atoms with Gasteiger partial charge in [0.1, 0.15) is 5.82 Å². The van der Waals surface area contributed by atoms with Crippen LogP contribution in [0.3, 0.4) is 0 Å². The number of hydrogen-bond acceptors (Lipinski definition) is 3. The van der Waals surface area contributed by atoms with Crippen molar-refractivity contribution in [1.82, 2.24) is 15.2 Å². The zero-order chi connectivity index (χ0) is 17.2. The van der Waals surface area contributed by atoms with Gasteiger partial charge in [-0.05, 0) is 35.2 Å². The van der Waals surface area contributed by atoms with Crippen LogP contribution in [0.4, 0.5) is 5.69 Å². The highest BCUT2D eigenvalue weighted by Gasteiger charge is 2.14. The third-order valence-electron chi connectivity index (χ3n) is 3.85. The standard InChI is InChI=1S/C19H21ClN4/c1-19(2,3)14-6-4-13(5-7-14)18-22-17(23-24-18)12-21-16-10-8-15(20)9-11-16/h4-11,21H,12H2,1-3H3,(H,22,23,24). The van der Waals surface area contributed by atoms with Crippen molar-refractivity contribution in [3.63, 3.8) is 0 Å². The predicted octanol–water partition coefficient (Wildman–Crippen LogP) is 5.03. The van der Waals surface area contributed by atoms with Crippen molar-refractivity contribution in [2.45, 2.75) is 32.7 Å². The van der Waals surface area contributed by atoms with E-state index in [0.29, 0.717) is 12.4 Å². The maximum atomic E-state index is 5.88. The zero-order valence-electron chi connectivity index (χ0n) is 14.1. The molecule has 0 atom stereocenters. The minimum Gasteiger partial charge on any atom is -0.378 e. The van der Waals surface area contributed by atoms with Gasteiger partial charge >= 0.3 is 0 Å². The lowest BCUT2D eigenvalue weighted by Gasteiger charge is -2.18. The number of nitrogens with one attached hydrogen (secondary N) is 2. The Kier molecular flexibility index (Phi) is 4.58. The van der Waals surface area contributed by atoms with Gasteiger partial charge in [-0.25, -0.2) is 4.98 Å². The van der Waals surface area contributed by atoms with E-state index in [-0.39, 0.29) is 5.41 Å². The molecule has 1 aromatic heterocycles. The topological polar surface area (TPSA) is 53.6 Å². The van der Waals surface area contributed by atoms with Crippen molar-refractivity contribution in [2.24, 2.45) is 0 Å². The van der Waals surface area contributed by atoms with E-state index < -0.39 is 0 Å². The molecule has 0 bridgehead atoms. The SMILES string of the molecule is CC(C)(C)c1ccc(-c2n[nH]c(CNc3ccc(Cl)cc3)n2)cc1. The number of H-pyrrole nitrogens is 1. The van der Waals surface area contributed by atoms with E-state index in [1.54, 1.807) is 0 Å². The van der Waals surface area contributed by atoms with Crippen LogP contribution in [-0.2, 0) is 12.0 Å². The number of aromatic amines is 1. The van der Waals surface area contributed by atoms with Gasteiger partial charge in [-0.3, -0.25) is 5.10 Å². The highest BCUT2D eigenvalue weighted by atomic mass is 35.5. The van der Waals surface area contributed by atoms with Crippen LogP contribution < -0.4 is 5.32 Å². The monoisotopic (exact) mass is 340 g/mol. The number of nitrogens with zero attached hydrogens (tertiary/aromatic N) is 2. The van der Waals surface area contributed by atoms with Gasteiger partial charge in [-0.15, -0.1) is 0 Å². The highest BCUT2D eigenvalue weighted by molar-refractivity contribution is 6.30. The fourth-order valence-electron chi connectivity index (χ4n) is 2.38. The lowest BCUT2D eigenvalue weighted by atomic mass is 9.87. The molecule has 0 aliphatic heterocycles. The Bertz CT molecular complexity index is 799. The average Bonchev–Trinajstić information content (AvgIpc) is 3.03. The van der Waals surface area contributed by atoms with Crippen molar-refractivity contribution in [1.29, 1.82) is 0 Å². The summed E-state index contributed by atoms with van der Waals surface area (Å²) in [6.45, 7) is 7.19. The lowest BCUT2D eigenvalue weighted by molar-refractivity contribution is 0.590. The van der Waals surface area contributed by atoms with Crippen molar-refractivity contribution in [3.05, 3.63) is 64.9 Å². The molecule has 0 aliphatic carbocycles. The first-order valence-electron chi connectivity index (χ1n) is 7.93. The normalized spacial score (nSPS) is 11.5. The van der Waals surface area contributed by atoms with E-state index in [9.17, 15) is 0 Å². The first-order chi connectivity index (χ1) is 11.4. The molecule has 2 aromatic carbocycles. The molecule has 0 aliphatic rings. The number of anilines is 1. The number of aromatic nitrogens is 3. The molecule has 24 heavy (non-hydrogen) atoms. The van der Waals surface area contributed by atoms with Crippen LogP contribution in [0.5, 0.6) is 0 Å². The fourth-order valence-corrected chi connectivity index (χ4v) is 2.50. The summed E-state index contributed by atoms with van der Waals surface area (Å²) in [7, 11) is 0. The average molecular weight is 341 g/mol. The summed E-state index contributed by atoms with van der Waals surface area (Å²) in [5, 5.41) is 11.3. The zero-order valence-corrected chi connectivity index (χ0v) is 14.9. The second-order valence-electron chi connectivity index (χ2n) is 6.79. The summed E-state index contributed by atoms with van der Waals surface area (Å²) in [6.07, 6.45) is 0. The fraction of sp³-hybridized carbons (Fsp3) is 0.263. The number of hydrogen-bond donors (Lipinski definition) is 2. The maximum absolute atomic E-state index is 5.88. The molecule has 5 heteroatoms. The van der Waals surface area contributed by atoms with Crippen LogP contribution in [0.2, 0.25) is 5.02 Å². The number of halogens is 1. The Morgan fingerprint density at radius 3 is 2.29 bits per heavy atom. The lowest BCUT2D eigenvalue weighted by Crippen LogP contribution is -2.10. The van der Waals surface area contributed by atoms with Gasteiger partial charge in [0.15, 0.2) is 5.82 Å². The van der Waals surface area contributed by atoms with E-state index in [4.69, 9.17) is 11.6 Å². The molecule has 0 fully saturated rings. The number of rotatable bonds is 4. The first-order valence-corrected chi connectivity index (χ1v) is 8.31. The van der Waals surface area contributed by atoms with Gasteiger partial charge in [-0.2, -0.15) is 5.10 Å². The van der Waals surface area contributed by atoms with E-state index in [1.165, 1.54) is 5.56 Å². The predicted molar refractivity (Wildman–Crippen MR) is 99.3 cm³/mol. The Labute approximate surface area is 147 Å². The second kappa shape index (κ2) is 6.65. The summed E-state index contributed by atoms with van der Waals surface area (Å²) < 4.78 is 0. The molecule has 0 radical (unpaired) electrons. The maximum Gasteiger partial charge on any atom is 0.181 e. The molecule has 124 valence electrons. The van der Waals surface area contributed by atoms with Gasteiger partial charge in [-0.1, -0.05) is 56.6 Å². The van der Waals surface area contributed by atoms with Crippen molar-refractivity contribution in [2.75, 3.05) is 5.32 Å². The summed E-state index contributed by atoms with van der Waals surface area (Å²) in [5.74, 6) is 1.50. The van der Waals surface area contributed by atoms with Crippen molar-refractivity contribution < 1.29 is 0 Å². The van der Waals surface area contributed by atoms with E-state index >= 15 is 0 Å². The van der Waals surface area contributed by atoms with Crippen LogP contribution in [0.1, 0.15) is 32.2 Å². The molecule has 0 spiro atoms. The van der Waals surface area contributed by atoms with Crippen LogP contribution in [0.15, 0.2) is 48.5 Å². The van der Waals surface area contributed by atoms with E-state index in [0.717, 1.165) is 22.1 Å². The minimum absolute atomic E-state index is 0.144. The summed E-state index contributed by atoms with van der Waals surface area (Å²) in [6, 6.07) is 16.0. The first kappa shape index (κ1) is 16.5. The van der Waals surface area contributed by atoms with Gasteiger partial charge in [0.2, 0.25) is 0 Å². The van der Waals surface area contributed by atoms with Crippen molar-refractivity contribution >= 4 is 17.3 Å². The molecule has 3 rings (SSSR count). The van der Waals surface area contributed by atoms with Crippen LogP contribution in [0, 0.1) is 0 Å². The quantitative estimate of drug-likeness (QED) is 0.700. The Hall–Kier alpha value is -2.33. The second-order valence-corrected chi connectivity index (χ2v) is 7.23. The Morgan fingerprint density at radius 1 is 1.00 bits per heavy atom. The molecule has 0 unspecified atom stereocenters. The molecule has 3 aromatic rings. The van der Waals surface area contributed by atoms with Gasteiger partial charge in [0.05, 0.1) is 6.54 Å². The highest BCUT2D eigenvalue weighted by Crippen LogP contribution is 2.24. The van der Waals surface area contributed by atoms with Crippen LogP contribution >= 0.6 is 11.6 Å². The van der Waals surface area contributed by atoms with Crippen LogP contribution in [-0.4, -0.2) is 15.2 Å². The molecule has 0 saturated carbocycles. The summed E-state index contributed by atoms with van der Waals surface area (Å²) in [4.78, 5) is 4.55. The van der Waals surface area contributed by atoms with Crippen molar-refractivity contribution in [3.8, 4) is 11.4 Å². The third-order valence-corrected chi connectivity index (χ3v) is 4.10. The van der Waals surface area contributed by atoms with Gasteiger partial charge < -0.3 is 5.32 Å². The molecule has 2 N–H and O–H groups in total. The van der Waals surface area contributed by atoms with Crippen LogP contribution in [0.25, 0.3) is 11.4 Å². The molecule has 4 nitrogen and oxygen atoms in total. The number of benzene rings is 2. The smallest absolute Gasteiger partial charge is 0.181 e. The summed E-state index contributed by atoms with van der Waals surface area (Å²) >= 11 is 5.88. The third kappa shape index (κ3) is 3.95. The van der Waals surface area contributed by atoms with E-state index in [1.807, 2.05) is 24.3 Å². The van der Waals surface area contributed by atoms with Gasteiger partial charge in [0.25, 0.3) is 0 Å². The van der Waals surface area contributed by atoms with E-state index in [2.05, 4.69) is 65.5 Å². The molecular formula is C19H21ClN4. The Balaban J connectivity index is 1.68. The van der Waals surface area contributed by atoms with Gasteiger partial charge in [0, 0.05) is 16.3 Å². The Morgan fingerprint density at radius 2 is 1.67 bits per heavy atom. The molecule has 0 amide bonds. The molecule has 1 heterocycles. The summed E-state index contributed by atoms with van der Waals surface area (Å²) in [5.41, 5.74) is 3.45. The largest absolute Gasteiger partial charge is 0.378 e. The minimum atomic E-state index is 0.144.